The van der Waals surface area contributed by atoms with E-state index in [4.69, 9.17) is 0 Å². The Hall–Kier alpha value is -3.36. The van der Waals surface area contributed by atoms with E-state index in [1.165, 1.54) is 12.1 Å². The largest absolute Gasteiger partial charge is 0.418 e. The lowest BCUT2D eigenvalue weighted by Crippen LogP contribution is -2.43. The number of guanidine groups is 1. The Morgan fingerprint density at radius 3 is 2.59 bits per heavy atom. The van der Waals surface area contributed by atoms with Gasteiger partial charge in [0, 0.05) is 36.3 Å². The molecule has 0 aliphatic carbocycles. The molecule has 0 bridgehead atoms. The Bertz CT molecular complexity index is 1060. The molecule has 0 saturated carbocycles. The number of carbonyl (C=O) groups is 2. The maximum atomic E-state index is 13.8. The highest BCUT2D eigenvalue weighted by molar-refractivity contribution is 6.06. The molecule has 3 rings (SSSR count). The van der Waals surface area contributed by atoms with Crippen LogP contribution in [-0.4, -0.2) is 30.7 Å². The van der Waals surface area contributed by atoms with Crippen LogP contribution in [0, 0.1) is 5.92 Å². The molecule has 1 aliphatic rings. The molecule has 1 heterocycles. The molecule has 0 aromatic heterocycles. The molecule has 0 atom stereocenters. The quantitative estimate of drug-likeness (QED) is 0.439. The smallest absolute Gasteiger partial charge is 0.356 e. The molecule has 3 N–H and O–H groups in total. The summed E-state index contributed by atoms with van der Waals surface area (Å²) in [5.74, 6) is 0.0197. The normalized spacial score (nSPS) is 13.8. The van der Waals surface area contributed by atoms with Crippen LogP contribution in [0.3, 0.4) is 0 Å². The number of nitrogens with zero attached hydrogens (tertiary/aromatic N) is 1. The van der Waals surface area contributed by atoms with Gasteiger partial charge in [-0.25, -0.2) is 0 Å². The number of benzene rings is 2. The zero-order valence-electron chi connectivity index (χ0n) is 19.3. The zero-order valence-corrected chi connectivity index (χ0v) is 19.3. The lowest BCUT2D eigenvalue weighted by Gasteiger charge is -2.18. The molecule has 0 fully saturated rings. The first kappa shape index (κ1) is 25.3. The van der Waals surface area contributed by atoms with Crippen molar-refractivity contribution in [2.75, 3.05) is 18.4 Å². The van der Waals surface area contributed by atoms with Gasteiger partial charge in [0.05, 0.1) is 11.3 Å². The van der Waals surface area contributed by atoms with Gasteiger partial charge in [-0.15, -0.1) is 0 Å². The highest BCUT2D eigenvalue weighted by Crippen LogP contribution is 2.37. The van der Waals surface area contributed by atoms with Crippen molar-refractivity contribution in [3.8, 4) is 0 Å². The summed E-state index contributed by atoms with van der Waals surface area (Å²) in [6.07, 6.45) is -1.79. The fraction of sp³-hybridized carbons (Fsp3) is 0.400. The van der Waals surface area contributed by atoms with Gasteiger partial charge in [0.2, 0.25) is 0 Å². The van der Waals surface area contributed by atoms with Crippen LogP contribution in [-0.2, 0) is 6.18 Å². The molecular formula is C25H29F3N4O2. The molecule has 9 heteroatoms. The van der Waals surface area contributed by atoms with Gasteiger partial charge in [-0.3, -0.25) is 19.9 Å². The monoisotopic (exact) mass is 474 g/mol. The SMILES string of the molecule is CC(C)CCCC(=O)c1cccc(Nc2ccc(C(=O)NC3=NCCCN3)cc2C(F)(F)F)c1. The summed E-state index contributed by atoms with van der Waals surface area (Å²) in [5, 5.41) is 8.15. The van der Waals surface area contributed by atoms with E-state index in [1.54, 1.807) is 24.3 Å². The molecule has 0 radical (unpaired) electrons. The van der Waals surface area contributed by atoms with E-state index < -0.39 is 17.6 Å². The minimum Gasteiger partial charge on any atom is -0.356 e. The molecule has 6 nitrogen and oxygen atoms in total. The van der Waals surface area contributed by atoms with Gasteiger partial charge < -0.3 is 10.6 Å². The fourth-order valence-corrected chi connectivity index (χ4v) is 3.57. The number of hydrogen-bond acceptors (Lipinski definition) is 5. The molecule has 34 heavy (non-hydrogen) atoms. The van der Waals surface area contributed by atoms with Crippen molar-refractivity contribution in [2.24, 2.45) is 10.9 Å². The number of hydrogen-bond donors (Lipinski definition) is 3. The summed E-state index contributed by atoms with van der Waals surface area (Å²) in [6.45, 7) is 5.35. The Balaban J connectivity index is 1.78. The average Bonchev–Trinajstić information content (AvgIpc) is 2.79. The number of Topliss-reactive ketones (excluding diaryl/α,β-unsaturated/α-hetero) is 1. The van der Waals surface area contributed by atoms with E-state index >= 15 is 0 Å². The van der Waals surface area contributed by atoms with E-state index in [9.17, 15) is 22.8 Å². The van der Waals surface area contributed by atoms with E-state index in [-0.39, 0.29) is 23.0 Å². The maximum Gasteiger partial charge on any atom is 0.418 e. The molecule has 0 unspecified atom stereocenters. The van der Waals surface area contributed by atoms with Crippen LogP contribution in [0.2, 0.25) is 0 Å². The summed E-state index contributed by atoms with van der Waals surface area (Å²) in [4.78, 5) is 29.0. The zero-order chi connectivity index (χ0) is 24.7. The minimum absolute atomic E-state index is 0.0494. The van der Waals surface area contributed by atoms with E-state index in [1.807, 2.05) is 0 Å². The van der Waals surface area contributed by atoms with Crippen LogP contribution in [0.5, 0.6) is 0 Å². The second-order valence-electron chi connectivity index (χ2n) is 8.64. The number of ketones is 1. The second-order valence-corrected chi connectivity index (χ2v) is 8.64. The summed E-state index contributed by atoms with van der Waals surface area (Å²) in [7, 11) is 0. The van der Waals surface area contributed by atoms with Crippen molar-refractivity contribution >= 4 is 29.0 Å². The highest BCUT2D eigenvalue weighted by Gasteiger charge is 2.34. The van der Waals surface area contributed by atoms with Crippen molar-refractivity contribution < 1.29 is 22.8 Å². The van der Waals surface area contributed by atoms with Crippen LogP contribution in [0.25, 0.3) is 0 Å². The van der Waals surface area contributed by atoms with Gasteiger partial charge >= 0.3 is 6.18 Å². The number of rotatable bonds is 8. The summed E-state index contributed by atoms with van der Waals surface area (Å²) in [6, 6.07) is 9.77. The first-order valence-corrected chi connectivity index (χ1v) is 11.3. The van der Waals surface area contributed by atoms with E-state index in [2.05, 4.69) is 34.8 Å². The third-order valence-corrected chi connectivity index (χ3v) is 5.37. The molecule has 1 amide bonds. The number of amides is 1. The number of aliphatic imine (C=N–C) groups is 1. The van der Waals surface area contributed by atoms with Crippen LogP contribution in [0.1, 0.15) is 65.8 Å². The Labute approximate surface area is 197 Å². The predicted octanol–water partition coefficient (Wildman–Crippen LogP) is 5.54. The number of halogens is 3. The third kappa shape index (κ3) is 7.07. The first-order valence-electron chi connectivity index (χ1n) is 11.3. The summed E-state index contributed by atoms with van der Waals surface area (Å²) >= 11 is 0. The Kier molecular flexibility index (Phi) is 8.31. The third-order valence-electron chi connectivity index (χ3n) is 5.37. The standard InChI is InChI=1S/C25H29F3N4O2/c1-16(2)6-3-9-22(33)17-7-4-8-19(14-17)31-21-11-10-18(15-20(21)25(26,27)28)23(34)32-24-29-12-5-13-30-24/h4,7-8,10-11,14-16,31H,3,5-6,9,12-13H2,1-2H3,(H2,29,30,32,34). The maximum absolute atomic E-state index is 13.8. The van der Waals surface area contributed by atoms with Gasteiger partial charge in [-0.05, 0) is 49.1 Å². The number of carbonyl (C=O) groups excluding carboxylic acids is 2. The van der Waals surface area contributed by atoms with Crippen LogP contribution >= 0.6 is 0 Å². The second kappa shape index (κ2) is 11.2. The lowest BCUT2D eigenvalue weighted by atomic mass is 10.0. The summed E-state index contributed by atoms with van der Waals surface area (Å²) < 4.78 is 41.4. The van der Waals surface area contributed by atoms with Gasteiger partial charge in [-0.2, -0.15) is 13.2 Å². The lowest BCUT2D eigenvalue weighted by molar-refractivity contribution is -0.136. The summed E-state index contributed by atoms with van der Waals surface area (Å²) in [5.41, 5.74) is -0.520. The Morgan fingerprint density at radius 2 is 1.91 bits per heavy atom. The molecule has 2 aromatic rings. The van der Waals surface area contributed by atoms with Crippen molar-refractivity contribution in [1.82, 2.24) is 10.6 Å². The van der Waals surface area contributed by atoms with Gasteiger partial charge in [0.1, 0.15) is 0 Å². The van der Waals surface area contributed by atoms with Gasteiger partial charge in [0.25, 0.3) is 5.91 Å². The van der Waals surface area contributed by atoms with E-state index in [0.717, 1.165) is 25.3 Å². The minimum atomic E-state index is -4.69. The average molecular weight is 475 g/mol. The molecular weight excluding hydrogens is 445 g/mol. The predicted molar refractivity (Wildman–Crippen MR) is 127 cm³/mol. The van der Waals surface area contributed by atoms with Crippen LogP contribution in [0.4, 0.5) is 24.5 Å². The number of nitrogens with one attached hydrogen (secondary N) is 3. The fourth-order valence-electron chi connectivity index (χ4n) is 3.57. The van der Waals surface area contributed by atoms with Gasteiger partial charge in [-0.1, -0.05) is 32.4 Å². The molecule has 182 valence electrons. The molecule has 0 spiro atoms. The van der Waals surface area contributed by atoms with Crippen molar-refractivity contribution in [1.29, 1.82) is 0 Å². The highest BCUT2D eigenvalue weighted by atomic mass is 19.4. The van der Waals surface area contributed by atoms with Gasteiger partial charge in [0.15, 0.2) is 11.7 Å². The van der Waals surface area contributed by atoms with Crippen LogP contribution in [0.15, 0.2) is 47.5 Å². The number of alkyl halides is 3. The van der Waals surface area contributed by atoms with Crippen molar-refractivity contribution in [2.45, 2.75) is 45.7 Å². The topological polar surface area (TPSA) is 82.6 Å². The van der Waals surface area contributed by atoms with Crippen molar-refractivity contribution in [3.63, 3.8) is 0 Å². The molecule has 2 aromatic carbocycles. The molecule has 0 saturated heterocycles. The molecule has 1 aliphatic heterocycles. The van der Waals surface area contributed by atoms with Crippen LogP contribution < -0.4 is 16.0 Å². The number of anilines is 2. The Morgan fingerprint density at radius 1 is 1.12 bits per heavy atom. The first-order chi connectivity index (χ1) is 16.1. The van der Waals surface area contributed by atoms with Crippen molar-refractivity contribution in [3.05, 3.63) is 59.2 Å². The van der Waals surface area contributed by atoms with E-state index in [0.29, 0.717) is 36.7 Å².